The predicted octanol–water partition coefficient (Wildman–Crippen LogP) is 3.82. The molecule has 1 heterocycles. The van der Waals surface area contributed by atoms with Crippen LogP contribution in [0.4, 0.5) is 5.69 Å². The normalized spacial score (nSPS) is 22.3. The highest BCUT2D eigenvalue weighted by Crippen LogP contribution is 2.33. The summed E-state index contributed by atoms with van der Waals surface area (Å²) in [5.74, 6) is 1.30. The largest absolute Gasteiger partial charge is 0.380 e. The molecule has 0 spiro atoms. The van der Waals surface area contributed by atoms with Gasteiger partial charge in [-0.15, -0.1) is 6.58 Å². The van der Waals surface area contributed by atoms with E-state index in [4.69, 9.17) is 0 Å². The Balaban J connectivity index is 2.20. The number of aromatic nitrogens is 2. The molecule has 1 saturated carbocycles. The van der Waals surface area contributed by atoms with Crippen LogP contribution in [-0.2, 0) is 6.54 Å². The van der Waals surface area contributed by atoms with E-state index in [9.17, 15) is 4.79 Å². The molecule has 0 saturated heterocycles. The average molecular weight is 354 g/mol. The van der Waals surface area contributed by atoms with E-state index in [-0.39, 0.29) is 5.56 Å². The van der Waals surface area contributed by atoms with Gasteiger partial charge in [-0.05, 0) is 40.6 Å². The third-order valence-corrected chi connectivity index (χ3v) is 5.07. The summed E-state index contributed by atoms with van der Waals surface area (Å²) in [6, 6.07) is 0.423. The molecule has 1 aliphatic rings. The molecule has 1 aliphatic carbocycles. The second-order valence-corrected chi connectivity index (χ2v) is 6.88. The summed E-state index contributed by atoms with van der Waals surface area (Å²) in [6.07, 6.45) is 8.38. The highest BCUT2D eigenvalue weighted by molar-refractivity contribution is 9.10. The fraction of sp³-hybridized carbons (Fsp3) is 0.625. The number of nitrogens with one attached hydrogen (secondary N) is 1. The average Bonchev–Trinajstić information content (AvgIpc) is 2.47. The molecule has 0 aliphatic heterocycles. The Labute approximate surface area is 134 Å². The molecule has 0 bridgehead atoms. The van der Waals surface area contributed by atoms with Gasteiger partial charge in [0.05, 0.1) is 18.4 Å². The summed E-state index contributed by atoms with van der Waals surface area (Å²) in [4.78, 5) is 12.2. The van der Waals surface area contributed by atoms with E-state index in [2.05, 4.69) is 46.8 Å². The van der Waals surface area contributed by atoms with Gasteiger partial charge >= 0.3 is 0 Å². The predicted molar refractivity (Wildman–Crippen MR) is 90.6 cm³/mol. The van der Waals surface area contributed by atoms with E-state index >= 15 is 0 Å². The van der Waals surface area contributed by atoms with Crippen molar-refractivity contribution in [2.75, 3.05) is 5.32 Å². The Hall–Kier alpha value is -1.10. The molecule has 0 aromatic carbocycles. The third-order valence-electron chi connectivity index (χ3n) is 4.30. The van der Waals surface area contributed by atoms with Crippen molar-refractivity contribution in [3.8, 4) is 0 Å². The van der Waals surface area contributed by atoms with Crippen molar-refractivity contribution in [1.29, 1.82) is 0 Å². The van der Waals surface area contributed by atoms with Crippen LogP contribution < -0.4 is 10.9 Å². The van der Waals surface area contributed by atoms with Crippen LogP contribution in [0.25, 0.3) is 0 Å². The molecule has 2 atom stereocenters. The molecule has 5 heteroatoms. The highest BCUT2D eigenvalue weighted by atomic mass is 79.9. The van der Waals surface area contributed by atoms with Crippen molar-refractivity contribution in [2.45, 2.75) is 52.1 Å². The van der Waals surface area contributed by atoms with Gasteiger partial charge in [0.25, 0.3) is 5.56 Å². The molecule has 0 amide bonds. The first-order valence-corrected chi connectivity index (χ1v) is 8.47. The van der Waals surface area contributed by atoms with E-state index in [1.807, 2.05) is 0 Å². The standard InChI is InChI=1S/C16H24BrN3O/c1-4-9-20-16(21)15(17)14(10-18-20)19-13-8-6-5-7-12(13)11(2)3/h4,10-13,19H,1,5-9H2,2-3H3. The highest BCUT2D eigenvalue weighted by Gasteiger charge is 2.28. The van der Waals surface area contributed by atoms with E-state index in [0.717, 1.165) is 12.1 Å². The molecule has 21 heavy (non-hydrogen) atoms. The first-order chi connectivity index (χ1) is 10.0. The first-order valence-electron chi connectivity index (χ1n) is 7.67. The number of halogens is 1. The first kappa shape index (κ1) is 16.3. The van der Waals surface area contributed by atoms with Crippen LogP contribution >= 0.6 is 15.9 Å². The van der Waals surface area contributed by atoms with Crippen LogP contribution in [0, 0.1) is 11.8 Å². The Morgan fingerprint density at radius 1 is 1.52 bits per heavy atom. The minimum Gasteiger partial charge on any atom is -0.380 e. The molecule has 2 unspecified atom stereocenters. The van der Waals surface area contributed by atoms with Gasteiger partial charge in [-0.2, -0.15) is 5.10 Å². The second kappa shape index (κ2) is 7.25. The molecule has 1 N–H and O–H groups in total. The monoisotopic (exact) mass is 353 g/mol. The van der Waals surface area contributed by atoms with Crippen LogP contribution in [0.3, 0.4) is 0 Å². The fourth-order valence-corrected chi connectivity index (χ4v) is 3.58. The zero-order chi connectivity index (χ0) is 15.4. The quantitative estimate of drug-likeness (QED) is 0.818. The molecular formula is C16H24BrN3O. The lowest BCUT2D eigenvalue weighted by molar-refractivity contribution is 0.253. The van der Waals surface area contributed by atoms with Gasteiger partial charge in [-0.25, -0.2) is 4.68 Å². The number of allylic oxidation sites excluding steroid dienone is 1. The molecule has 1 aromatic rings. The Kier molecular flexibility index (Phi) is 5.62. The smallest absolute Gasteiger partial charge is 0.283 e. The van der Waals surface area contributed by atoms with Gasteiger partial charge < -0.3 is 5.32 Å². The minimum absolute atomic E-state index is 0.114. The van der Waals surface area contributed by atoms with Crippen LogP contribution in [0.2, 0.25) is 0 Å². The van der Waals surface area contributed by atoms with Gasteiger partial charge in [0.15, 0.2) is 0 Å². The molecule has 1 fully saturated rings. The van der Waals surface area contributed by atoms with Crippen LogP contribution in [0.5, 0.6) is 0 Å². The summed E-state index contributed by atoms with van der Waals surface area (Å²) >= 11 is 3.41. The number of anilines is 1. The lowest BCUT2D eigenvalue weighted by Gasteiger charge is -2.35. The zero-order valence-electron chi connectivity index (χ0n) is 12.8. The summed E-state index contributed by atoms with van der Waals surface area (Å²) in [7, 11) is 0. The maximum atomic E-state index is 12.2. The zero-order valence-corrected chi connectivity index (χ0v) is 14.4. The van der Waals surface area contributed by atoms with E-state index in [0.29, 0.717) is 28.9 Å². The summed E-state index contributed by atoms with van der Waals surface area (Å²) in [5.41, 5.74) is 0.690. The summed E-state index contributed by atoms with van der Waals surface area (Å²) < 4.78 is 1.97. The Morgan fingerprint density at radius 2 is 2.24 bits per heavy atom. The van der Waals surface area contributed by atoms with Crippen molar-refractivity contribution in [2.24, 2.45) is 11.8 Å². The molecule has 116 valence electrons. The van der Waals surface area contributed by atoms with Crippen molar-refractivity contribution >= 4 is 21.6 Å². The van der Waals surface area contributed by atoms with Crippen LogP contribution in [0.1, 0.15) is 39.5 Å². The molecule has 4 nitrogen and oxygen atoms in total. The Morgan fingerprint density at radius 3 is 2.90 bits per heavy atom. The minimum atomic E-state index is -0.114. The van der Waals surface area contributed by atoms with Gasteiger partial charge in [0, 0.05) is 6.04 Å². The Bertz CT molecular complexity index is 553. The van der Waals surface area contributed by atoms with Crippen molar-refractivity contribution in [3.63, 3.8) is 0 Å². The molecule has 0 radical (unpaired) electrons. The van der Waals surface area contributed by atoms with Crippen LogP contribution in [-0.4, -0.2) is 15.8 Å². The van der Waals surface area contributed by atoms with E-state index < -0.39 is 0 Å². The topological polar surface area (TPSA) is 46.9 Å². The lowest BCUT2D eigenvalue weighted by atomic mass is 9.78. The second-order valence-electron chi connectivity index (χ2n) is 6.09. The number of nitrogens with zero attached hydrogens (tertiary/aromatic N) is 2. The number of rotatable bonds is 5. The molecule has 2 rings (SSSR count). The fourth-order valence-electron chi connectivity index (χ4n) is 3.15. The molecule has 1 aromatic heterocycles. The van der Waals surface area contributed by atoms with E-state index in [1.54, 1.807) is 12.3 Å². The maximum Gasteiger partial charge on any atom is 0.283 e. The maximum absolute atomic E-state index is 12.2. The van der Waals surface area contributed by atoms with Crippen molar-refractivity contribution < 1.29 is 0 Å². The van der Waals surface area contributed by atoms with Gasteiger partial charge in [-0.1, -0.05) is 32.8 Å². The lowest BCUT2D eigenvalue weighted by Crippen LogP contribution is -2.36. The van der Waals surface area contributed by atoms with Gasteiger partial charge in [0.1, 0.15) is 4.47 Å². The van der Waals surface area contributed by atoms with Crippen molar-refractivity contribution in [3.05, 3.63) is 33.7 Å². The van der Waals surface area contributed by atoms with Crippen molar-refractivity contribution in [1.82, 2.24) is 9.78 Å². The van der Waals surface area contributed by atoms with Gasteiger partial charge in [-0.3, -0.25) is 4.79 Å². The summed E-state index contributed by atoms with van der Waals surface area (Å²) in [5, 5.41) is 7.75. The summed E-state index contributed by atoms with van der Waals surface area (Å²) in [6.45, 7) is 8.62. The number of hydrogen-bond acceptors (Lipinski definition) is 3. The molecular weight excluding hydrogens is 330 g/mol. The number of hydrogen-bond donors (Lipinski definition) is 1. The SMILES string of the molecule is C=CCn1ncc(NC2CCCCC2C(C)C)c(Br)c1=O. The van der Waals surface area contributed by atoms with Crippen LogP contribution in [0.15, 0.2) is 28.1 Å². The third kappa shape index (κ3) is 3.76. The van der Waals surface area contributed by atoms with Gasteiger partial charge in [0.2, 0.25) is 0 Å². The van der Waals surface area contributed by atoms with E-state index in [1.165, 1.54) is 23.9 Å².